The van der Waals surface area contributed by atoms with Gasteiger partial charge in [0.2, 0.25) is 0 Å². The quantitative estimate of drug-likeness (QED) is 0.800. The predicted octanol–water partition coefficient (Wildman–Crippen LogP) is 3.46. The average Bonchev–Trinajstić information content (AvgIpc) is 3.08. The highest BCUT2D eigenvalue weighted by Gasteiger charge is 2.28. The number of nitrogen functional groups attached to an aromatic ring is 1. The van der Waals surface area contributed by atoms with E-state index in [1.165, 1.54) is 17.8 Å². The third kappa shape index (κ3) is 2.00. The number of aromatic nitrogens is 3. The Kier molecular flexibility index (Phi) is 2.60. The van der Waals surface area contributed by atoms with Crippen LogP contribution in [0.3, 0.4) is 0 Å². The lowest BCUT2D eigenvalue weighted by Gasteiger charge is -1.98. The third-order valence-corrected chi connectivity index (χ3v) is 4.52. The molecule has 2 heterocycles. The third-order valence-electron chi connectivity index (χ3n) is 3.47. The Hall–Kier alpha value is -2.14. The molecule has 0 bridgehead atoms. The minimum atomic E-state index is 0.639. The highest BCUT2D eigenvalue weighted by Crippen LogP contribution is 2.45. The minimum absolute atomic E-state index is 0.639. The molecule has 1 fully saturated rings. The summed E-state index contributed by atoms with van der Waals surface area (Å²) in [5, 5.41) is 6.36. The van der Waals surface area contributed by atoms with E-state index in [4.69, 9.17) is 5.73 Å². The Morgan fingerprint density at radius 1 is 1.20 bits per heavy atom. The summed E-state index contributed by atoms with van der Waals surface area (Å²) >= 11 is 1.61. The van der Waals surface area contributed by atoms with Crippen LogP contribution in [-0.4, -0.2) is 14.8 Å². The number of nitrogens with two attached hydrogens (primary N) is 1. The summed E-state index contributed by atoms with van der Waals surface area (Å²) in [5.74, 6) is 0.639. The van der Waals surface area contributed by atoms with Gasteiger partial charge in [-0.25, -0.2) is 9.67 Å². The molecule has 0 saturated heterocycles. The van der Waals surface area contributed by atoms with Crippen molar-refractivity contribution in [3.63, 3.8) is 0 Å². The van der Waals surface area contributed by atoms with Crippen LogP contribution in [0.2, 0.25) is 0 Å². The maximum atomic E-state index is 6.11. The van der Waals surface area contributed by atoms with Crippen LogP contribution in [0.4, 0.5) is 5.00 Å². The van der Waals surface area contributed by atoms with E-state index in [-0.39, 0.29) is 0 Å². The van der Waals surface area contributed by atoms with Gasteiger partial charge in [0.1, 0.15) is 10.7 Å². The van der Waals surface area contributed by atoms with Crippen molar-refractivity contribution in [1.82, 2.24) is 14.8 Å². The fraction of sp³-hybridized carbons (Fsp3) is 0.200. The van der Waals surface area contributed by atoms with Gasteiger partial charge in [0.05, 0.1) is 16.9 Å². The number of thiazole rings is 1. The zero-order valence-corrected chi connectivity index (χ0v) is 11.7. The molecule has 1 aliphatic carbocycles. The SMILES string of the molecule is Nc1sc(C2CC2)nc1-c1cnn(-c2ccccc2)c1. The first-order valence-electron chi connectivity index (χ1n) is 6.68. The van der Waals surface area contributed by atoms with Crippen LogP contribution in [0.5, 0.6) is 0 Å². The normalized spacial score (nSPS) is 14.6. The van der Waals surface area contributed by atoms with Gasteiger partial charge in [-0.15, -0.1) is 11.3 Å². The lowest BCUT2D eigenvalue weighted by atomic mass is 10.2. The molecule has 5 heteroatoms. The van der Waals surface area contributed by atoms with E-state index in [0.717, 1.165) is 21.9 Å². The smallest absolute Gasteiger partial charge is 0.114 e. The van der Waals surface area contributed by atoms with Gasteiger partial charge < -0.3 is 5.73 Å². The molecular formula is C15H14N4S. The minimum Gasteiger partial charge on any atom is -0.389 e. The highest BCUT2D eigenvalue weighted by molar-refractivity contribution is 7.16. The van der Waals surface area contributed by atoms with E-state index in [1.54, 1.807) is 11.3 Å². The monoisotopic (exact) mass is 282 g/mol. The van der Waals surface area contributed by atoms with Gasteiger partial charge in [-0.3, -0.25) is 0 Å². The summed E-state index contributed by atoms with van der Waals surface area (Å²) in [6.07, 6.45) is 6.30. The van der Waals surface area contributed by atoms with Crippen molar-refractivity contribution in [3.8, 4) is 16.9 Å². The lowest BCUT2D eigenvalue weighted by Crippen LogP contribution is -1.92. The Morgan fingerprint density at radius 2 is 2.00 bits per heavy atom. The van der Waals surface area contributed by atoms with Crippen LogP contribution < -0.4 is 5.73 Å². The van der Waals surface area contributed by atoms with Crippen molar-refractivity contribution in [3.05, 3.63) is 47.7 Å². The molecule has 3 aromatic rings. The van der Waals surface area contributed by atoms with Gasteiger partial charge in [0.25, 0.3) is 0 Å². The Labute approximate surface area is 120 Å². The Morgan fingerprint density at radius 3 is 2.75 bits per heavy atom. The van der Waals surface area contributed by atoms with Crippen LogP contribution in [-0.2, 0) is 0 Å². The first kappa shape index (κ1) is 11.7. The molecule has 1 saturated carbocycles. The van der Waals surface area contributed by atoms with Crippen LogP contribution >= 0.6 is 11.3 Å². The number of benzene rings is 1. The van der Waals surface area contributed by atoms with Crippen LogP contribution in [0.15, 0.2) is 42.7 Å². The number of nitrogens with zero attached hydrogens (tertiary/aromatic N) is 3. The predicted molar refractivity (Wildman–Crippen MR) is 81.1 cm³/mol. The van der Waals surface area contributed by atoms with E-state index in [9.17, 15) is 0 Å². The first-order chi connectivity index (χ1) is 9.81. The van der Waals surface area contributed by atoms with Crippen molar-refractivity contribution < 1.29 is 0 Å². The maximum Gasteiger partial charge on any atom is 0.114 e. The molecule has 0 spiro atoms. The topological polar surface area (TPSA) is 56.7 Å². The Balaban J connectivity index is 1.71. The number of rotatable bonds is 3. The van der Waals surface area contributed by atoms with Crippen LogP contribution in [0, 0.1) is 0 Å². The molecular weight excluding hydrogens is 268 g/mol. The summed E-state index contributed by atoms with van der Waals surface area (Å²) in [6, 6.07) is 10.0. The zero-order valence-electron chi connectivity index (χ0n) is 10.9. The fourth-order valence-corrected chi connectivity index (χ4v) is 3.25. The molecule has 0 aliphatic heterocycles. The molecule has 4 nitrogen and oxygen atoms in total. The highest BCUT2D eigenvalue weighted by atomic mass is 32.1. The molecule has 4 rings (SSSR count). The van der Waals surface area contributed by atoms with E-state index in [0.29, 0.717) is 5.92 Å². The number of hydrogen-bond acceptors (Lipinski definition) is 4. The number of hydrogen-bond donors (Lipinski definition) is 1. The maximum absolute atomic E-state index is 6.11. The van der Waals surface area contributed by atoms with Crippen LogP contribution in [0.25, 0.3) is 16.9 Å². The molecule has 20 heavy (non-hydrogen) atoms. The van der Waals surface area contributed by atoms with E-state index in [2.05, 4.69) is 10.1 Å². The van der Waals surface area contributed by atoms with Crippen molar-refractivity contribution in [2.75, 3.05) is 5.73 Å². The molecule has 0 radical (unpaired) electrons. The van der Waals surface area contributed by atoms with Crippen molar-refractivity contribution in [2.45, 2.75) is 18.8 Å². The summed E-state index contributed by atoms with van der Waals surface area (Å²) in [6.45, 7) is 0. The largest absolute Gasteiger partial charge is 0.389 e. The van der Waals surface area contributed by atoms with Crippen LogP contribution in [0.1, 0.15) is 23.8 Å². The number of anilines is 1. The molecule has 0 atom stereocenters. The Bertz CT molecular complexity index is 740. The summed E-state index contributed by atoms with van der Waals surface area (Å²) < 4.78 is 1.85. The first-order valence-corrected chi connectivity index (χ1v) is 7.49. The summed E-state index contributed by atoms with van der Waals surface area (Å²) in [7, 11) is 0. The van der Waals surface area contributed by atoms with Crippen molar-refractivity contribution in [2.24, 2.45) is 0 Å². The van der Waals surface area contributed by atoms with E-state index in [1.807, 2.05) is 47.4 Å². The zero-order chi connectivity index (χ0) is 13.5. The fourth-order valence-electron chi connectivity index (χ4n) is 2.23. The average molecular weight is 282 g/mol. The van der Waals surface area contributed by atoms with Gasteiger partial charge in [-0.2, -0.15) is 5.10 Å². The standard InChI is InChI=1S/C15H14N4S/c16-14-13(18-15(20-14)10-6-7-10)11-8-17-19(9-11)12-4-2-1-3-5-12/h1-5,8-10H,6-7,16H2. The van der Waals surface area contributed by atoms with Gasteiger partial charge in [-0.1, -0.05) is 18.2 Å². The summed E-state index contributed by atoms with van der Waals surface area (Å²) in [4.78, 5) is 4.69. The van der Waals surface area contributed by atoms with Gasteiger partial charge >= 0.3 is 0 Å². The second kappa shape index (κ2) is 4.45. The van der Waals surface area contributed by atoms with Crippen molar-refractivity contribution >= 4 is 16.3 Å². The molecule has 1 aromatic carbocycles. The van der Waals surface area contributed by atoms with Gasteiger partial charge in [-0.05, 0) is 25.0 Å². The summed E-state index contributed by atoms with van der Waals surface area (Å²) in [5.41, 5.74) is 9.00. The van der Waals surface area contributed by atoms with Gasteiger partial charge in [0, 0.05) is 17.7 Å². The number of para-hydroxylation sites is 1. The molecule has 100 valence electrons. The lowest BCUT2D eigenvalue weighted by molar-refractivity contribution is 0.881. The molecule has 2 N–H and O–H groups in total. The van der Waals surface area contributed by atoms with Crippen molar-refractivity contribution in [1.29, 1.82) is 0 Å². The molecule has 1 aliphatic rings. The van der Waals surface area contributed by atoms with E-state index >= 15 is 0 Å². The second-order valence-corrected chi connectivity index (χ2v) is 6.11. The second-order valence-electron chi connectivity index (χ2n) is 5.05. The molecule has 0 unspecified atom stereocenters. The molecule has 0 amide bonds. The molecule has 2 aromatic heterocycles. The van der Waals surface area contributed by atoms with Gasteiger partial charge in [0.15, 0.2) is 0 Å². The van der Waals surface area contributed by atoms with E-state index < -0.39 is 0 Å².